The van der Waals surface area contributed by atoms with E-state index in [1.54, 1.807) is 23.2 Å². The van der Waals surface area contributed by atoms with Gasteiger partial charge in [0.1, 0.15) is 4.21 Å². The zero-order chi connectivity index (χ0) is 15.6. The van der Waals surface area contributed by atoms with Gasteiger partial charge >= 0.3 is 0 Å². The van der Waals surface area contributed by atoms with Crippen LogP contribution in [0.1, 0.15) is 27.0 Å². The maximum absolute atomic E-state index is 12.6. The van der Waals surface area contributed by atoms with Crippen molar-refractivity contribution in [1.82, 2.24) is 4.90 Å². The minimum Gasteiger partial charge on any atom is -0.333 e. The summed E-state index contributed by atoms with van der Waals surface area (Å²) in [4.78, 5) is 15.8. The summed E-state index contributed by atoms with van der Waals surface area (Å²) in [5.74, 6) is -0.164. The summed E-state index contributed by atoms with van der Waals surface area (Å²) < 4.78 is 22.8. The van der Waals surface area contributed by atoms with Crippen LogP contribution in [0.25, 0.3) is 0 Å². The van der Waals surface area contributed by atoms with E-state index in [1.165, 1.54) is 6.07 Å². The van der Waals surface area contributed by atoms with Gasteiger partial charge in [0.15, 0.2) is 0 Å². The Bertz CT molecular complexity index is 733. The highest BCUT2D eigenvalue weighted by atomic mass is 32.2. The van der Waals surface area contributed by atoms with Gasteiger partial charge in [0.2, 0.25) is 10.0 Å². The lowest BCUT2D eigenvalue weighted by Crippen LogP contribution is -2.29. The van der Waals surface area contributed by atoms with E-state index in [0.717, 1.165) is 16.2 Å². The zero-order valence-electron chi connectivity index (χ0n) is 11.7. The van der Waals surface area contributed by atoms with E-state index in [2.05, 4.69) is 0 Å². The lowest BCUT2D eigenvalue weighted by molar-refractivity contribution is 0.0758. The molecule has 0 radical (unpaired) electrons. The van der Waals surface area contributed by atoms with Gasteiger partial charge in [-0.1, -0.05) is 6.07 Å². The molecule has 0 saturated carbocycles. The first-order valence-electron chi connectivity index (χ1n) is 6.27. The lowest BCUT2D eigenvalue weighted by Gasteiger charge is -2.19. The Balaban J connectivity index is 2.27. The Hall–Kier alpha value is -1.22. The topological polar surface area (TPSA) is 80.5 Å². The summed E-state index contributed by atoms with van der Waals surface area (Å²) in [5.41, 5.74) is 0.638. The molecule has 2 N–H and O–H groups in total. The number of rotatable bonds is 5. The quantitative estimate of drug-likeness (QED) is 0.904. The first-order chi connectivity index (χ1) is 9.82. The molecule has 0 aliphatic carbocycles. The predicted octanol–water partition coefficient (Wildman–Crippen LogP) is 2.43. The van der Waals surface area contributed by atoms with Crippen LogP contribution in [0.2, 0.25) is 0 Å². The van der Waals surface area contributed by atoms with Gasteiger partial charge in [-0.25, -0.2) is 13.6 Å². The monoisotopic (exact) mass is 344 g/mol. The highest BCUT2D eigenvalue weighted by molar-refractivity contribution is 7.91. The minimum absolute atomic E-state index is 0.0236. The summed E-state index contributed by atoms with van der Waals surface area (Å²) in [6, 6.07) is 5.36. The van der Waals surface area contributed by atoms with Crippen LogP contribution in [0.3, 0.4) is 0 Å². The first kappa shape index (κ1) is 16.2. The lowest BCUT2D eigenvalue weighted by atomic mass is 10.2. The molecular weight excluding hydrogens is 328 g/mol. The third-order valence-corrected chi connectivity index (χ3v) is 6.47. The van der Waals surface area contributed by atoms with Crippen molar-refractivity contribution in [3.05, 3.63) is 38.9 Å². The van der Waals surface area contributed by atoms with Crippen molar-refractivity contribution in [2.45, 2.75) is 24.6 Å². The molecule has 0 atom stereocenters. The number of hydrogen-bond acceptors (Lipinski definition) is 5. The summed E-state index contributed by atoms with van der Waals surface area (Å²) in [5, 5.41) is 7.08. The number of amides is 1. The van der Waals surface area contributed by atoms with Gasteiger partial charge < -0.3 is 4.90 Å². The molecule has 5 nitrogen and oxygen atoms in total. The van der Waals surface area contributed by atoms with E-state index in [9.17, 15) is 13.2 Å². The molecule has 0 aromatic carbocycles. The molecule has 8 heteroatoms. The first-order valence-corrected chi connectivity index (χ1v) is 9.52. The second-order valence-electron chi connectivity index (χ2n) is 4.52. The molecule has 0 aliphatic heterocycles. The van der Waals surface area contributed by atoms with Crippen molar-refractivity contribution >= 4 is 38.6 Å². The molecule has 2 aromatic heterocycles. The summed E-state index contributed by atoms with van der Waals surface area (Å²) in [7, 11) is -3.77. The van der Waals surface area contributed by atoms with Gasteiger partial charge in [0.05, 0.1) is 11.4 Å². The number of carbonyl (C=O) groups excluding carboxylic acids is 1. The fourth-order valence-corrected chi connectivity index (χ4v) is 4.52. The van der Waals surface area contributed by atoms with Crippen LogP contribution in [-0.4, -0.2) is 25.8 Å². The summed E-state index contributed by atoms with van der Waals surface area (Å²) in [6.45, 7) is 4.69. The van der Waals surface area contributed by atoms with Crippen molar-refractivity contribution < 1.29 is 13.2 Å². The Kier molecular flexibility index (Phi) is 4.82. The van der Waals surface area contributed by atoms with Crippen LogP contribution >= 0.6 is 22.7 Å². The molecule has 0 fully saturated rings. The molecule has 1 amide bonds. The van der Waals surface area contributed by atoms with Crippen LogP contribution in [-0.2, 0) is 16.6 Å². The van der Waals surface area contributed by atoms with Crippen LogP contribution in [0.5, 0.6) is 0 Å². The Morgan fingerprint density at radius 2 is 2.14 bits per heavy atom. The van der Waals surface area contributed by atoms with Gasteiger partial charge in [0.25, 0.3) is 5.91 Å². The Labute approximate surface area is 132 Å². The van der Waals surface area contributed by atoms with E-state index in [0.29, 0.717) is 23.5 Å². The molecule has 21 heavy (non-hydrogen) atoms. The molecule has 0 unspecified atom stereocenters. The van der Waals surface area contributed by atoms with Crippen LogP contribution in [0.15, 0.2) is 27.8 Å². The maximum Gasteiger partial charge on any atom is 0.264 e. The normalized spacial score (nSPS) is 11.6. The number of carbonyl (C=O) groups is 1. The SMILES string of the molecule is CCN(Cc1cccs1)C(=O)c1sc(S(N)(=O)=O)cc1C. The van der Waals surface area contributed by atoms with Crippen LogP contribution in [0.4, 0.5) is 0 Å². The third-order valence-electron chi connectivity index (χ3n) is 2.97. The fourth-order valence-electron chi connectivity index (χ4n) is 1.87. The minimum atomic E-state index is -3.77. The molecule has 114 valence electrons. The Morgan fingerprint density at radius 1 is 1.43 bits per heavy atom. The van der Waals surface area contributed by atoms with E-state index < -0.39 is 10.0 Å². The average Bonchev–Trinajstić information content (AvgIpc) is 3.03. The number of primary sulfonamides is 1. The van der Waals surface area contributed by atoms with Crippen molar-refractivity contribution in [3.8, 4) is 0 Å². The number of sulfonamides is 1. The smallest absolute Gasteiger partial charge is 0.264 e. The van der Waals surface area contributed by atoms with Gasteiger partial charge in [-0.3, -0.25) is 4.79 Å². The van der Waals surface area contributed by atoms with Crippen LogP contribution in [0, 0.1) is 6.92 Å². The number of nitrogens with two attached hydrogens (primary N) is 1. The largest absolute Gasteiger partial charge is 0.333 e. The predicted molar refractivity (Wildman–Crippen MR) is 85.2 cm³/mol. The number of aryl methyl sites for hydroxylation is 1. The van der Waals surface area contributed by atoms with E-state index >= 15 is 0 Å². The molecule has 2 aromatic rings. The molecule has 2 rings (SSSR count). The van der Waals surface area contributed by atoms with Crippen molar-refractivity contribution in [3.63, 3.8) is 0 Å². The van der Waals surface area contributed by atoms with Crippen molar-refractivity contribution in [1.29, 1.82) is 0 Å². The van der Waals surface area contributed by atoms with E-state index in [-0.39, 0.29) is 10.1 Å². The standard InChI is InChI=1S/C13H16N2O3S3/c1-3-15(8-10-5-4-6-19-10)13(16)12-9(2)7-11(20-12)21(14,17)18/h4-7H,3,8H2,1-2H3,(H2,14,17,18). The highest BCUT2D eigenvalue weighted by Crippen LogP contribution is 2.27. The fraction of sp³-hybridized carbons (Fsp3) is 0.308. The third kappa shape index (κ3) is 3.70. The van der Waals surface area contributed by atoms with Crippen molar-refractivity contribution in [2.75, 3.05) is 6.54 Å². The summed E-state index contributed by atoms with van der Waals surface area (Å²) >= 11 is 2.52. The Morgan fingerprint density at radius 3 is 2.62 bits per heavy atom. The summed E-state index contributed by atoms with van der Waals surface area (Å²) in [6.07, 6.45) is 0. The number of hydrogen-bond donors (Lipinski definition) is 1. The molecule has 0 bridgehead atoms. The second kappa shape index (κ2) is 6.27. The van der Waals surface area contributed by atoms with Crippen molar-refractivity contribution in [2.24, 2.45) is 5.14 Å². The van der Waals surface area contributed by atoms with Gasteiger partial charge in [-0.15, -0.1) is 22.7 Å². The van der Waals surface area contributed by atoms with Gasteiger partial charge in [-0.2, -0.15) is 0 Å². The maximum atomic E-state index is 12.6. The molecule has 2 heterocycles. The zero-order valence-corrected chi connectivity index (χ0v) is 14.1. The molecular formula is C13H16N2O3S3. The van der Waals surface area contributed by atoms with E-state index in [4.69, 9.17) is 5.14 Å². The number of thiophene rings is 2. The molecule has 0 saturated heterocycles. The highest BCUT2D eigenvalue weighted by Gasteiger charge is 2.22. The second-order valence-corrected chi connectivity index (χ2v) is 8.39. The van der Waals surface area contributed by atoms with E-state index in [1.807, 2.05) is 24.4 Å². The van der Waals surface area contributed by atoms with Gasteiger partial charge in [0, 0.05) is 11.4 Å². The average molecular weight is 344 g/mol. The number of nitrogens with zero attached hydrogens (tertiary/aromatic N) is 1. The molecule has 0 spiro atoms. The van der Waals surface area contributed by atoms with Gasteiger partial charge in [-0.05, 0) is 36.9 Å². The van der Waals surface area contributed by atoms with Crippen LogP contribution < -0.4 is 5.14 Å². The molecule has 0 aliphatic rings.